The molecule has 2 fully saturated rings. The van der Waals surface area contributed by atoms with Crippen LogP contribution in [0.5, 0.6) is 5.75 Å². The number of nitrogens with one attached hydrogen (secondary N) is 1. The van der Waals surface area contributed by atoms with Gasteiger partial charge < -0.3 is 15.3 Å². The van der Waals surface area contributed by atoms with Crippen LogP contribution in [-0.2, 0) is 7.05 Å². The molecule has 0 amide bonds. The molecule has 4 atom stereocenters. The lowest BCUT2D eigenvalue weighted by molar-refractivity contribution is 0.107. The molecule has 2 N–H and O–H groups in total. The quantitative estimate of drug-likeness (QED) is 0.672. The number of phenols is 1. The molecule has 7 nitrogen and oxygen atoms in total. The summed E-state index contributed by atoms with van der Waals surface area (Å²) in [6, 6.07) is 9.24. The monoisotopic (exact) mass is 422 g/mol. The number of hydrogen-bond acceptors (Lipinski definition) is 6. The first-order valence-corrected chi connectivity index (χ1v) is 10.8. The minimum Gasteiger partial charge on any atom is -0.507 e. The summed E-state index contributed by atoms with van der Waals surface area (Å²) >= 11 is 0. The van der Waals surface area contributed by atoms with Crippen LogP contribution in [0.2, 0.25) is 0 Å². The van der Waals surface area contributed by atoms with Crippen molar-refractivity contribution >= 4 is 5.82 Å². The van der Waals surface area contributed by atoms with Gasteiger partial charge in [-0.25, -0.2) is 4.39 Å². The zero-order valence-electron chi connectivity index (χ0n) is 17.7. The molecule has 0 aliphatic carbocycles. The number of aromatic hydroxyl groups is 1. The number of anilines is 1. The van der Waals surface area contributed by atoms with E-state index in [1.54, 1.807) is 16.9 Å². The van der Waals surface area contributed by atoms with E-state index < -0.39 is 6.17 Å². The van der Waals surface area contributed by atoms with Gasteiger partial charge in [-0.1, -0.05) is 12.5 Å². The first kappa shape index (κ1) is 19.9. The minimum absolute atomic E-state index is 0.0672. The molecule has 0 saturated carbocycles. The average Bonchev–Trinajstić information content (AvgIpc) is 3.22. The highest BCUT2D eigenvalue weighted by molar-refractivity contribution is 5.73. The van der Waals surface area contributed by atoms with Crippen LogP contribution in [0, 0.1) is 0 Å². The molecule has 0 radical (unpaired) electrons. The Labute approximate surface area is 180 Å². The number of phenolic OH excluding ortho intramolecular Hbond substituents is 1. The highest BCUT2D eigenvalue weighted by Gasteiger charge is 2.41. The third kappa shape index (κ3) is 3.76. The number of rotatable bonds is 4. The fraction of sp³-hybridized carbons (Fsp3) is 0.435. The molecule has 2 bridgehead atoms. The number of nitrogens with zero attached hydrogens (tertiary/aromatic N) is 5. The van der Waals surface area contributed by atoms with Crippen molar-refractivity contribution in [1.82, 2.24) is 25.3 Å². The molecule has 8 heteroatoms. The Bertz CT molecular complexity index is 1070. The lowest BCUT2D eigenvalue weighted by atomic mass is 9.82. The largest absolute Gasteiger partial charge is 0.507 e. The summed E-state index contributed by atoms with van der Waals surface area (Å²) in [4.78, 5) is 1.92. The molecular formula is C23H27FN6O. The van der Waals surface area contributed by atoms with Gasteiger partial charge in [-0.3, -0.25) is 4.68 Å². The van der Waals surface area contributed by atoms with Crippen LogP contribution < -0.4 is 10.2 Å². The Morgan fingerprint density at radius 1 is 1.16 bits per heavy atom. The fourth-order valence-corrected chi connectivity index (χ4v) is 4.88. The van der Waals surface area contributed by atoms with Gasteiger partial charge in [0, 0.05) is 43.5 Å². The molecule has 2 aromatic heterocycles. The number of aryl methyl sites for hydroxylation is 1. The Hall–Kier alpha value is -3.00. The first-order valence-electron chi connectivity index (χ1n) is 10.8. The number of hydrogen-bond donors (Lipinski definition) is 2. The molecule has 0 unspecified atom stereocenters. The van der Waals surface area contributed by atoms with Crippen LogP contribution in [0.1, 0.15) is 25.7 Å². The van der Waals surface area contributed by atoms with Crippen molar-refractivity contribution in [3.05, 3.63) is 42.7 Å². The molecule has 162 valence electrons. The number of alkyl halides is 1. The van der Waals surface area contributed by atoms with E-state index >= 15 is 4.39 Å². The van der Waals surface area contributed by atoms with Crippen LogP contribution in [0.25, 0.3) is 22.4 Å². The number of halogens is 1. The molecule has 3 aromatic rings. The third-order valence-corrected chi connectivity index (χ3v) is 6.62. The fourth-order valence-electron chi connectivity index (χ4n) is 4.88. The highest BCUT2D eigenvalue weighted by atomic mass is 19.1. The van der Waals surface area contributed by atoms with E-state index in [2.05, 4.69) is 20.6 Å². The normalized spacial score (nSPS) is 25.4. The van der Waals surface area contributed by atoms with Gasteiger partial charge in [-0.05, 0) is 49.1 Å². The number of aromatic nitrogens is 4. The Morgan fingerprint density at radius 3 is 2.74 bits per heavy atom. The summed E-state index contributed by atoms with van der Waals surface area (Å²) in [5.74, 6) is 0.773. The number of fused-ring (bicyclic) bond motifs is 2. The topological polar surface area (TPSA) is 79.1 Å². The molecule has 31 heavy (non-hydrogen) atoms. The summed E-state index contributed by atoms with van der Waals surface area (Å²) in [6.07, 6.45) is 6.59. The SMILES string of the molecule is CN(c1ccc(-c2ccc(-c3cnn(C)c3)cc2O)nn1)[C@H]1C[C@@H]2CCC[C@H](N2)[C@@H]1F. The molecule has 2 saturated heterocycles. The van der Waals surface area contributed by atoms with Gasteiger partial charge in [0.1, 0.15) is 11.9 Å². The van der Waals surface area contributed by atoms with Gasteiger partial charge >= 0.3 is 0 Å². The maximum absolute atomic E-state index is 15.0. The minimum atomic E-state index is -0.924. The predicted molar refractivity (Wildman–Crippen MR) is 118 cm³/mol. The van der Waals surface area contributed by atoms with Gasteiger partial charge in [-0.15, -0.1) is 10.2 Å². The van der Waals surface area contributed by atoms with Gasteiger partial charge in [0.25, 0.3) is 0 Å². The molecule has 1 aromatic carbocycles. The second-order valence-electron chi connectivity index (χ2n) is 8.67. The van der Waals surface area contributed by atoms with E-state index in [-0.39, 0.29) is 17.8 Å². The number of piperidine rings is 2. The molecule has 4 heterocycles. The zero-order valence-corrected chi connectivity index (χ0v) is 17.7. The molecule has 2 aliphatic rings. The van der Waals surface area contributed by atoms with Crippen molar-refractivity contribution in [3.63, 3.8) is 0 Å². The summed E-state index contributed by atoms with van der Waals surface area (Å²) in [7, 11) is 3.75. The van der Waals surface area contributed by atoms with E-state index in [0.29, 0.717) is 23.1 Å². The second-order valence-corrected chi connectivity index (χ2v) is 8.67. The van der Waals surface area contributed by atoms with E-state index in [1.165, 1.54) is 0 Å². The Balaban J connectivity index is 1.35. The second kappa shape index (κ2) is 7.92. The number of benzene rings is 1. The van der Waals surface area contributed by atoms with Crippen molar-refractivity contribution in [2.24, 2.45) is 7.05 Å². The maximum atomic E-state index is 15.0. The zero-order chi connectivity index (χ0) is 21.5. The van der Waals surface area contributed by atoms with Crippen LogP contribution in [-0.4, -0.2) is 56.4 Å². The van der Waals surface area contributed by atoms with E-state index in [9.17, 15) is 5.11 Å². The van der Waals surface area contributed by atoms with Crippen molar-refractivity contribution in [2.75, 3.05) is 11.9 Å². The van der Waals surface area contributed by atoms with Crippen LogP contribution in [0.4, 0.5) is 10.2 Å². The van der Waals surface area contributed by atoms with E-state index in [4.69, 9.17) is 0 Å². The third-order valence-electron chi connectivity index (χ3n) is 6.62. The predicted octanol–water partition coefficient (Wildman–Crippen LogP) is 3.31. The van der Waals surface area contributed by atoms with Crippen LogP contribution in [0.15, 0.2) is 42.7 Å². The van der Waals surface area contributed by atoms with E-state index in [1.807, 2.05) is 49.5 Å². The summed E-state index contributed by atoms with van der Waals surface area (Å²) in [5.41, 5.74) is 2.99. The van der Waals surface area contributed by atoms with Gasteiger partial charge in [0.05, 0.1) is 17.9 Å². The molecule has 5 rings (SSSR count). The lowest BCUT2D eigenvalue weighted by Crippen LogP contribution is -2.61. The Morgan fingerprint density at radius 2 is 2.03 bits per heavy atom. The highest BCUT2D eigenvalue weighted by Crippen LogP contribution is 2.34. The summed E-state index contributed by atoms with van der Waals surface area (Å²) in [6.45, 7) is 0. The first-order chi connectivity index (χ1) is 15.0. The van der Waals surface area contributed by atoms with Crippen molar-refractivity contribution in [1.29, 1.82) is 0 Å². The van der Waals surface area contributed by atoms with Crippen molar-refractivity contribution in [2.45, 2.75) is 50.0 Å². The summed E-state index contributed by atoms with van der Waals surface area (Å²) in [5, 5.41) is 26.8. The molecule has 2 aliphatic heterocycles. The van der Waals surface area contributed by atoms with Crippen LogP contribution >= 0.6 is 0 Å². The van der Waals surface area contributed by atoms with Crippen molar-refractivity contribution in [3.8, 4) is 28.1 Å². The smallest absolute Gasteiger partial charge is 0.151 e. The molecular weight excluding hydrogens is 395 g/mol. The average molecular weight is 423 g/mol. The van der Waals surface area contributed by atoms with Gasteiger partial charge in [-0.2, -0.15) is 5.10 Å². The van der Waals surface area contributed by atoms with E-state index in [0.717, 1.165) is 36.8 Å². The Kier molecular flexibility index (Phi) is 5.09. The van der Waals surface area contributed by atoms with Crippen molar-refractivity contribution < 1.29 is 9.50 Å². The van der Waals surface area contributed by atoms with Gasteiger partial charge in [0.15, 0.2) is 5.82 Å². The van der Waals surface area contributed by atoms with Gasteiger partial charge in [0.2, 0.25) is 0 Å². The maximum Gasteiger partial charge on any atom is 0.151 e. The standard InChI is InChI=1S/C23H27FN6O/c1-29-13-15(12-25-29)14-6-7-17(21(31)10-14)18-8-9-22(28-27-18)30(2)20-11-16-4-3-5-19(26-16)23(20)24/h6-10,12-13,16,19-20,23,26,31H,3-5,11H2,1-2H3/t16-,19-,20-,23-/m0/s1. The van der Waals surface area contributed by atoms with Crippen LogP contribution in [0.3, 0.4) is 0 Å². The summed E-state index contributed by atoms with van der Waals surface area (Å²) < 4.78 is 16.8. The molecule has 0 spiro atoms. The lowest BCUT2D eigenvalue weighted by Gasteiger charge is -2.46.